The van der Waals surface area contributed by atoms with Gasteiger partial charge in [-0.15, -0.1) is 0 Å². The third-order valence-corrected chi connectivity index (χ3v) is 4.93. The molecule has 0 unspecified atom stereocenters. The Labute approximate surface area is 176 Å². The molecular formula is C21H29N3O6. The van der Waals surface area contributed by atoms with Crippen LogP contribution in [0.3, 0.4) is 0 Å². The number of cyclic esters (lactones) is 1. The fourth-order valence-corrected chi connectivity index (χ4v) is 3.46. The lowest BCUT2D eigenvalue weighted by Gasteiger charge is -2.35. The molecule has 0 bridgehead atoms. The van der Waals surface area contributed by atoms with E-state index < -0.39 is 11.7 Å². The average molecular weight is 419 g/mol. The Hall–Kier alpha value is -2.81. The molecule has 2 saturated heterocycles. The number of nitrogens with zero attached hydrogens (tertiary/aromatic N) is 3. The number of anilines is 1. The number of carbonyl (C=O) groups is 3. The minimum absolute atomic E-state index is 0.108. The number of benzene rings is 1. The first-order valence-corrected chi connectivity index (χ1v) is 10.0. The zero-order valence-electron chi connectivity index (χ0n) is 17.9. The average Bonchev–Trinajstić information content (AvgIpc) is 3.07. The molecule has 0 saturated carbocycles. The summed E-state index contributed by atoms with van der Waals surface area (Å²) in [6.07, 6.45) is -0.781. The molecule has 2 fully saturated rings. The van der Waals surface area contributed by atoms with Crippen molar-refractivity contribution in [2.75, 3.05) is 51.4 Å². The second kappa shape index (κ2) is 8.91. The SMILES string of the molecule is COC[C@@H]1COC(=O)N1c1ccc(C(=O)N2CCN(C(=O)OC(C)(C)C)CC2)cc1. The third-order valence-electron chi connectivity index (χ3n) is 4.93. The summed E-state index contributed by atoms with van der Waals surface area (Å²) < 4.78 is 15.6. The Kier molecular flexibility index (Phi) is 6.50. The van der Waals surface area contributed by atoms with Gasteiger partial charge in [0.15, 0.2) is 0 Å². The first kappa shape index (κ1) is 21.9. The van der Waals surface area contributed by atoms with Gasteiger partial charge in [0.25, 0.3) is 5.91 Å². The molecule has 9 heteroatoms. The quantitative estimate of drug-likeness (QED) is 0.744. The highest BCUT2D eigenvalue weighted by molar-refractivity contribution is 5.96. The molecule has 3 rings (SSSR count). The molecule has 0 N–H and O–H groups in total. The molecule has 1 aromatic carbocycles. The van der Waals surface area contributed by atoms with Crippen molar-refractivity contribution in [3.63, 3.8) is 0 Å². The molecule has 3 amide bonds. The van der Waals surface area contributed by atoms with Gasteiger partial charge in [-0.3, -0.25) is 9.69 Å². The normalized spacial score (nSPS) is 19.7. The number of piperazine rings is 1. The fourth-order valence-electron chi connectivity index (χ4n) is 3.46. The summed E-state index contributed by atoms with van der Waals surface area (Å²) in [5.74, 6) is -0.108. The molecule has 30 heavy (non-hydrogen) atoms. The molecule has 0 radical (unpaired) electrons. The molecule has 1 aromatic rings. The second-order valence-electron chi connectivity index (χ2n) is 8.36. The Bertz CT molecular complexity index is 781. The van der Waals surface area contributed by atoms with Crippen molar-refractivity contribution in [2.45, 2.75) is 32.4 Å². The molecule has 2 aliphatic heterocycles. The summed E-state index contributed by atoms with van der Waals surface area (Å²) in [6.45, 7) is 7.86. The van der Waals surface area contributed by atoms with Gasteiger partial charge in [-0.05, 0) is 45.0 Å². The highest BCUT2D eigenvalue weighted by Gasteiger charge is 2.34. The van der Waals surface area contributed by atoms with Gasteiger partial charge in [0, 0.05) is 44.5 Å². The van der Waals surface area contributed by atoms with E-state index in [1.807, 2.05) is 20.8 Å². The molecule has 164 valence electrons. The summed E-state index contributed by atoms with van der Waals surface area (Å²) in [4.78, 5) is 41.9. The standard InChI is InChI=1S/C21H29N3O6/c1-21(2,3)30-19(26)23-11-9-22(10-12-23)18(25)15-5-7-16(8-6-15)24-17(13-28-4)14-29-20(24)27/h5-8,17H,9-14H2,1-4H3/t17-/m1/s1. The zero-order valence-corrected chi connectivity index (χ0v) is 17.9. The molecular weight excluding hydrogens is 390 g/mol. The highest BCUT2D eigenvalue weighted by Crippen LogP contribution is 2.24. The van der Waals surface area contributed by atoms with Crippen molar-refractivity contribution >= 4 is 23.8 Å². The second-order valence-corrected chi connectivity index (χ2v) is 8.36. The van der Waals surface area contributed by atoms with Gasteiger partial charge in [-0.2, -0.15) is 0 Å². The van der Waals surface area contributed by atoms with E-state index in [9.17, 15) is 14.4 Å². The monoisotopic (exact) mass is 419 g/mol. The number of methoxy groups -OCH3 is 1. The van der Waals surface area contributed by atoms with Gasteiger partial charge < -0.3 is 24.0 Å². The molecule has 9 nitrogen and oxygen atoms in total. The Balaban J connectivity index is 1.59. The Morgan fingerprint density at radius 1 is 1.07 bits per heavy atom. The fraction of sp³-hybridized carbons (Fsp3) is 0.571. The minimum Gasteiger partial charge on any atom is -0.447 e. The maximum Gasteiger partial charge on any atom is 0.414 e. The summed E-state index contributed by atoms with van der Waals surface area (Å²) >= 11 is 0. The first-order valence-electron chi connectivity index (χ1n) is 10.0. The predicted molar refractivity (Wildman–Crippen MR) is 110 cm³/mol. The van der Waals surface area contributed by atoms with E-state index in [1.54, 1.807) is 41.2 Å². The number of ether oxygens (including phenoxy) is 3. The topological polar surface area (TPSA) is 88.6 Å². The van der Waals surface area contributed by atoms with E-state index in [0.29, 0.717) is 44.0 Å². The van der Waals surface area contributed by atoms with Crippen molar-refractivity contribution in [2.24, 2.45) is 0 Å². The molecule has 2 aliphatic rings. The van der Waals surface area contributed by atoms with Crippen LogP contribution in [-0.2, 0) is 14.2 Å². The molecule has 1 atom stereocenters. The van der Waals surface area contributed by atoms with Crippen LogP contribution < -0.4 is 4.90 Å². The lowest BCUT2D eigenvalue weighted by Crippen LogP contribution is -2.51. The van der Waals surface area contributed by atoms with Gasteiger partial charge >= 0.3 is 12.2 Å². The molecule has 0 aromatic heterocycles. The van der Waals surface area contributed by atoms with Crippen LogP contribution in [-0.4, -0.2) is 86.0 Å². The van der Waals surface area contributed by atoms with Crippen LogP contribution in [0.5, 0.6) is 0 Å². The Morgan fingerprint density at radius 2 is 1.67 bits per heavy atom. The van der Waals surface area contributed by atoms with Crippen LogP contribution in [0.1, 0.15) is 31.1 Å². The molecule has 2 heterocycles. The van der Waals surface area contributed by atoms with Gasteiger partial charge in [0.05, 0.1) is 12.6 Å². The largest absolute Gasteiger partial charge is 0.447 e. The van der Waals surface area contributed by atoms with E-state index in [2.05, 4.69) is 0 Å². The van der Waals surface area contributed by atoms with Crippen molar-refractivity contribution in [1.29, 1.82) is 0 Å². The van der Waals surface area contributed by atoms with Crippen LogP contribution in [0.25, 0.3) is 0 Å². The van der Waals surface area contributed by atoms with Gasteiger partial charge in [-0.1, -0.05) is 0 Å². The van der Waals surface area contributed by atoms with Crippen molar-refractivity contribution < 1.29 is 28.6 Å². The van der Waals surface area contributed by atoms with Crippen molar-refractivity contribution in [3.8, 4) is 0 Å². The van der Waals surface area contributed by atoms with Crippen molar-refractivity contribution in [1.82, 2.24) is 9.80 Å². The zero-order chi connectivity index (χ0) is 21.9. The van der Waals surface area contributed by atoms with Gasteiger partial charge in [0.1, 0.15) is 12.2 Å². The van der Waals surface area contributed by atoms with Crippen LogP contribution in [0.2, 0.25) is 0 Å². The van der Waals surface area contributed by atoms with E-state index in [4.69, 9.17) is 14.2 Å². The Morgan fingerprint density at radius 3 is 2.23 bits per heavy atom. The van der Waals surface area contributed by atoms with Crippen LogP contribution in [0, 0.1) is 0 Å². The van der Waals surface area contributed by atoms with E-state index in [0.717, 1.165) is 0 Å². The number of carbonyl (C=O) groups excluding carboxylic acids is 3. The highest BCUT2D eigenvalue weighted by atomic mass is 16.6. The van der Waals surface area contributed by atoms with Crippen LogP contribution in [0.15, 0.2) is 24.3 Å². The summed E-state index contributed by atoms with van der Waals surface area (Å²) in [5, 5.41) is 0. The number of hydrogen-bond acceptors (Lipinski definition) is 6. The lowest BCUT2D eigenvalue weighted by atomic mass is 10.1. The lowest BCUT2D eigenvalue weighted by molar-refractivity contribution is 0.0141. The third kappa shape index (κ3) is 5.02. The minimum atomic E-state index is -0.546. The maximum absolute atomic E-state index is 12.8. The molecule has 0 aliphatic carbocycles. The summed E-state index contributed by atoms with van der Waals surface area (Å²) in [6, 6.07) is 6.68. The van der Waals surface area contributed by atoms with E-state index >= 15 is 0 Å². The summed E-state index contributed by atoms with van der Waals surface area (Å²) in [7, 11) is 1.57. The van der Waals surface area contributed by atoms with Crippen molar-refractivity contribution in [3.05, 3.63) is 29.8 Å². The predicted octanol–water partition coefficient (Wildman–Crippen LogP) is 2.35. The van der Waals surface area contributed by atoms with E-state index in [1.165, 1.54) is 4.90 Å². The van der Waals surface area contributed by atoms with Crippen LogP contribution in [0.4, 0.5) is 15.3 Å². The number of amides is 3. The van der Waals surface area contributed by atoms with Crippen LogP contribution >= 0.6 is 0 Å². The number of hydrogen-bond donors (Lipinski definition) is 0. The molecule has 0 spiro atoms. The van der Waals surface area contributed by atoms with Gasteiger partial charge in [0.2, 0.25) is 0 Å². The first-order chi connectivity index (χ1) is 14.2. The van der Waals surface area contributed by atoms with E-state index in [-0.39, 0.29) is 24.6 Å². The smallest absolute Gasteiger partial charge is 0.414 e. The summed E-state index contributed by atoms with van der Waals surface area (Å²) in [5.41, 5.74) is 0.640. The maximum atomic E-state index is 12.8. The van der Waals surface area contributed by atoms with Gasteiger partial charge in [-0.25, -0.2) is 9.59 Å². The number of rotatable bonds is 4.